The molecule has 1 fully saturated rings. The molecule has 3 aromatic carbocycles. The number of amides is 2. The summed E-state index contributed by atoms with van der Waals surface area (Å²) in [7, 11) is -3.91. The molecule has 0 aliphatic carbocycles. The highest BCUT2D eigenvalue weighted by atomic mass is 35.5. The molecule has 0 radical (unpaired) electrons. The second-order valence-corrected chi connectivity index (χ2v) is 12.2. The molecule has 1 aromatic heterocycles. The summed E-state index contributed by atoms with van der Waals surface area (Å²) >= 11 is 13.5. The van der Waals surface area contributed by atoms with E-state index in [2.05, 4.69) is 10.0 Å². The van der Waals surface area contributed by atoms with Crippen LogP contribution in [0.1, 0.15) is 27.1 Å². The van der Waals surface area contributed by atoms with Crippen molar-refractivity contribution >= 4 is 68.2 Å². The van der Waals surface area contributed by atoms with Gasteiger partial charge in [-0.05, 0) is 72.3 Å². The number of rotatable bonds is 8. The number of carbonyl (C=O) groups excluding carboxylic acids is 2. The van der Waals surface area contributed by atoms with Gasteiger partial charge in [0.05, 0.1) is 34.2 Å². The first-order chi connectivity index (χ1) is 18.7. The minimum absolute atomic E-state index is 0.00131. The highest BCUT2D eigenvalue weighted by molar-refractivity contribution is 8.00. The predicted octanol–water partition coefficient (Wildman–Crippen LogP) is 6.41. The molecule has 8 nitrogen and oxygen atoms in total. The molecular formula is C27H21Cl2N3O5S2. The summed E-state index contributed by atoms with van der Waals surface area (Å²) in [5.74, 6) is 0.753. The molecule has 2 heterocycles. The molecule has 0 unspecified atom stereocenters. The number of anilines is 2. The van der Waals surface area contributed by atoms with Crippen molar-refractivity contribution in [3.05, 3.63) is 112 Å². The Bertz CT molecular complexity index is 1610. The maximum absolute atomic E-state index is 12.8. The summed E-state index contributed by atoms with van der Waals surface area (Å²) in [5, 5.41) is 3.15. The zero-order valence-electron chi connectivity index (χ0n) is 20.1. The first-order valence-corrected chi connectivity index (χ1v) is 14.9. The standard InChI is InChI=1S/C27H21Cl2N3O5S2/c28-19-7-12-24(23(29)14-19)31-39(35,36)22-10-8-20(9-11-22)30-26(34)17-3-5-18(6-4-17)27-32(25(33)16-38-27)15-21-2-1-13-37-21/h1-14,27,31H,15-16H2,(H,30,34)/t27-/m1/s1. The molecular weight excluding hydrogens is 581 g/mol. The van der Waals surface area contributed by atoms with E-state index in [4.69, 9.17) is 27.6 Å². The van der Waals surface area contributed by atoms with E-state index in [-0.39, 0.29) is 32.8 Å². The van der Waals surface area contributed by atoms with Crippen LogP contribution in [-0.4, -0.2) is 30.9 Å². The zero-order valence-corrected chi connectivity index (χ0v) is 23.3. The SMILES string of the molecule is O=C(Nc1ccc(S(=O)(=O)Nc2ccc(Cl)cc2Cl)cc1)c1ccc([C@H]2SCC(=O)N2Cc2ccco2)cc1. The van der Waals surface area contributed by atoms with E-state index in [1.165, 1.54) is 54.2 Å². The van der Waals surface area contributed by atoms with Gasteiger partial charge in [0.15, 0.2) is 0 Å². The van der Waals surface area contributed by atoms with Crippen molar-refractivity contribution in [1.29, 1.82) is 0 Å². The number of nitrogens with one attached hydrogen (secondary N) is 2. The normalized spacial score (nSPS) is 15.4. The Morgan fingerprint density at radius 1 is 1.03 bits per heavy atom. The van der Waals surface area contributed by atoms with Crippen molar-refractivity contribution in [2.75, 3.05) is 15.8 Å². The van der Waals surface area contributed by atoms with Crippen LogP contribution in [0.4, 0.5) is 11.4 Å². The number of nitrogens with zero attached hydrogens (tertiary/aromatic N) is 1. The first-order valence-electron chi connectivity index (χ1n) is 11.6. The molecule has 5 rings (SSSR count). The number of halogens is 2. The van der Waals surface area contributed by atoms with Crippen LogP contribution in [0.25, 0.3) is 0 Å². The second kappa shape index (κ2) is 11.4. The Hall–Kier alpha value is -3.44. The number of hydrogen-bond donors (Lipinski definition) is 2. The van der Waals surface area contributed by atoms with Gasteiger partial charge in [-0.1, -0.05) is 35.3 Å². The van der Waals surface area contributed by atoms with Crippen molar-refractivity contribution in [1.82, 2.24) is 4.90 Å². The lowest BCUT2D eigenvalue weighted by atomic mass is 10.1. The van der Waals surface area contributed by atoms with Gasteiger partial charge in [-0.3, -0.25) is 14.3 Å². The highest BCUT2D eigenvalue weighted by Gasteiger charge is 2.33. The van der Waals surface area contributed by atoms with Gasteiger partial charge in [-0.25, -0.2) is 8.42 Å². The maximum Gasteiger partial charge on any atom is 0.261 e. The molecule has 0 spiro atoms. The molecule has 39 heavy (non-hydrogen) atoms. The van der Waals surface area contributed by atoms with Crippen LogP contribution in [0.3, 0.4) is 0 Å². The van der Waals surface area contributed by atoms with Crippen molar-refractivity contribution in [2.24, 2.45) is 0 Å². The largest absolute Gasteiger partial charge is 0.467 e. The third kappa shape index (κ3) is 6.25. The molecule has 1 aliphatic heterocycles. The Balaban J connectivity index is 1.23. The van der Waals surface area contributed by atoms with Crippen LogP contribution >= 0.6 is 35.0 Å². The van der Waals surface area contributed by atoms with Gasteiger partial charge in [-0.2, -0.15) is 0 Å². The average Bonchev–Trinajstić information content (AvgIpc) is 3.56. The van der Waals surface area contributed by atoms with Gasteiger partial charge >= 0.3 is 0 Å². The number of furan rings is 1. The van der Waals surface area contributed by atoms with Crippen LogP contribution in [0, 0.1) is 0 Å². The fraction of sp³-hybridized carbons (Fsp3) is 0.111. The predicted molar refractivity (Wildman–Crippen MR) is 153 cm³/mol. The van der Waals surface area contributed by atoms with Crippen LogP contribution in [0.15, 0.2) is 94.4 Å². The van der Waals surface area contributed by atoms with Crippen molar-refractivity contribution in [3.8, 4) is 0 Å². The lowest BCUT2D eigenvalue weighted by Gasteiger charge is -2.23. The molecule has 1 saturated heterocycles. The zero-order chi connectivity index (χ0) is 27.6. The Labute approximate surface area is 239 Å². The third-order valence-corrected chi connectivity index (χ3v) is 9.12. The average molecular weight is 603 g/mol. The Morgan fingerprint density at radius 3 is 2.44 bits per heavy atom. The minimum atomic E-state index is -3.91. The van der Waals surface area contributed by atoms with Gasteiger partial charge in [0.2, 0.25) is 5.91 Å². The number of carbonyl (C=O) groups is 2. The fourth-order valence-corrected chi connectivity index (χ4v) is 6.75. The molecule has 0 saturated carbocycles. The van der Waals surface area contributed by atoms with Gasteiger partial charge in [-0.15, -0.1) is 11.8 Å². The van der Waals surface area contributed by atoms with Gasteiger partial charge in [0.25, 0.3) is 15.9 Å². The summed E-state index contributed by atoms with van der Waals surface area (Å²) in [5.41, 5.74) is 1.94. The van der Waals surface area contributed by atoms with Gasteiger partial charge < -0.3 is 14.6 Å². The molecule has 1 atom stereocenters. The van der Waals surface area contributed by atoms with Crippen molar-refractivity contribution in [2.45, 2.75) is 16.8 Å². The van der Waals surface area contributed by atoms with Crippen molar-refractivity contribution < 1.29 is 22.4 Å². The molecule has 1 aliphatic rings. The quantitative estimate of drug-likeness (QED) is 0.241. The van der Waals surface area contributed by atoms with E-state index in [0.717, 1.165) is 5.56 Å². The smallest absolute Gasteiger partial charge is 0.261 e. The summed E-state index contributed by atoms with van der Waals surface area (Å²) in [4.78, 5) is 27.0. The molecule has 2 N–H and O–H groups in total. The summed E-state index contributed by atoms with van der Waals surface area (Å²) in [6.45, 7) is 0.375. The van der Waals surface area contributed by atoms with Crippen LogP contribution < -0.4 is 10.0 Å². The third-order valence-electron chi connectivity index (χ3n) is 5.93. The lowest BCUT2D eigenvalue weighted by molar-refractivity contribution is -0.128. The summed E-state index contributed by atoms with van der Waals surface area (Å²) in [6, 6.07) is 20.8. The van der Waals surface area contributed by atoms with Crippen LogP contribution in [0.5, 0.6) is 0 Å². The molecule has 200 valence electrons. The van der Waals surface area contributed by atoms with E-state index in [1.807, 2.05) is 18.2 Å². The monoisotopic (exact) mass is 601 g/mol. The van der Waals surface area contributed by atoms with Crippen LogP contribution in [-0.2, 0) is 21.4 Å². The summed E-state index contributed by atoms with van der Waals surface area (Å²) < 4.78 is 33.3. The van der Waals surface area contributed by atoms with Gasteiger partial charge in [0, 0.05) is 16.3 Å². The number of sulfonamides is 1. The van der Waals surface area contributed by atoms with E-state index in [0.29, 0.717) is 34.3 Å². The fourth-order valence-electron chi connectivity index (χ4n) is 3.97. The van der Waals surface area contributed by atoms with Crippen LogP contribution in [0.2, 0.25) is 10.0 Å². The molecule has 0 bridgehead atoms. The topological polar surface area (TPSA) is 109 Å². The molecule has 2 amide bonds. The van der Waals surface area contributed by atoms with Crippen molar-refractivity contribution in [3.63, 3.8) is 0 Å². The lowest BCUT2D eigenvalue weighted by Crippen LogP contribution is -2.27. The highest BCUT2D eigenvalue weighted by Crippen LogP contribution is 2.39. The Morgan fingerprint density at radius 2 is 1.77 bits per heavy atom. The minimum Gasteiger partial charge on any atom is -0.467 e. The maximum atomic E-state index is 12.8. The summed E-state index contributed by atoms with van der Waals surface area (Å²) in [6.07, 6.45) is 1.58. The Kier molecular flexibility index (Phi) is 7.90. The van der Waals surface area contributed by atoms with E-state index >= 15 is 0 Å². The van der Waals surface area contributed by atoms with Gasteiger partial charge in [0.1, 0.15) is 11.1 Å². The molecule has 12 heteroatoms. The number of hydrogen-bond acceptors (Lipinski definition) is 6. The second-order valence-electron chi connectivity index (χ2n) is 8.59. The molecule has 4 aromatic rings. The van der Waals surface area contributed by atoms with E-state index in [1.54, 1.807) is 29.4 Å². The van der Waals surface area contributed by atoms with E-state index < -0.39 is 10.0 Å². The number of benzene rings is 3. The van der Waals surface area contributed by atoms with E-state index in [9.17, 15) is 18.0 Å². The number of thioether (sulfide) groups is 1. The first kappa shape index (κ1) is 27.1.